The van der Waals surface area contributed by atoms with E-state index in [0.717, 1.165) is 25.9 Å². The molecule has 0 aromatic heterocycles. The molecule has 0 spiro atoms. The summed E-state index contributed by atoms with van der Waals surface area (Å²) < 4.78 is 5.01. The van der Waals surface area contributed by atoms with Crippen molar-refractivity contribution >= 4 is 5.97 Å². The van der Waals surface area contributed by atoms with Gasteiger partial charge < -0.3 is 10.1 Å². The van der Waals surface area contributed by atoms with Gasteiger partial charge in [0.05, 0.1) is 12.0 Å². The fourth-order valence-corrected chi connectivity index (χ4v) is 1.54. The summed E-state index contributed by atoms with van der Waals surface area (Å²) in [5.41, 5.74) is -0.283. The highest BCUT2D eigenvalue weighted by molar-refractivity contribution is 5.76. The summed E-state index contributed by atoms with van der Waals surface area (Å²) in [5.74, 6) is -0.0581. The highest BCUT2D eigenvalue weighted by Crippen LogP contribution is 2.26. The number of carbonyl (C=O) groups is 1. The molecular formula is C9H17NO2. The predicted octanol–water partition coefficient (Wildman–Crippen LogP) is 0.939. The van der Waals surface area contributed by atoms with Crippen LogP contribution in [-0.2, 0) is 9.53 Å². The van der Waals surface area contributed by atoms with Crippen molar-refractivity contribution in [3.8, 4) is 0 Å². The van der Waals surface area contributed by atoms with Gasteiger partial charge in [0.25, 0.3) is 0 Å². The Labute approximate surface area is 73.5 Å². The molecule has 0 aliphatic carbocycles. The zero-order chi connectivity index (χ0) is 9.03. The van der Waals surface area contributed by atoms with E-state index < -0.39 is 0 Å². The molecule has 3 nitrogen and oxygen atoms in total. The molecule has 1 fully saturated rings. The van der Waals surface area contributed by atoms with Crippen LogP contribution in [0, 0.1) is 5.41 Å². The van der Waals surface area contributed by atoms with Crippen molar-refractivity contribution in [3.63, 3.8) is 0 Å². The van der Waals surface area contributed by atoms with Gasteiger partial charge in [-0.3, -0.25) is 4.79 Å². The summed E-state index contributed by atoms with van der Waals surface area (Å²) >= 11 is 0. The summed E-state index contributed by atoms with van der Waals surface area (Å²) in [6.07, 6.45) is 2.01. The third kappa shape index (κ3) is 1.97. The maximum Gasteiger partial charge on any atom is 0.313 e. The van der Waals surface area contributed by atoms with E-state index in [1.54, 1.807) is 0 Å². The largest absolute Gasteiger partial charge is 0.466 e. The zero-order valence-electron chi connectivity index (χ0n) is 7.85. The van der Waals surface area contributed by atoms with Crippen LogP contribution >= 0.6 is 0 Å². The molecule has 0 aromatic rings. The highest BCUT2D eigenvalue weighted by Gasteiger charge is 2.35. The maximum atomic E-state index is 11.5. The second kappa shape index (κ2) is 3.90. The van der Waals surface area contributed by atoms with Crippen molar-refractivity contribution in [2.45, 2.75) is 26.7 Å². The smallest absolute Gasteiger partial charge is 0.313 e. The summed E-state index contributed by atoms with van der Waals surface area (Å²) in [6.45, 7) is 6.07. The van der Waals surface area contributed by atoms with Crippen LogP contribution in [0.2, 0.25) is 0 Å². The molecule has 1 N–H and O–H groups in total. The van der Waals surface area contributed by atoms with Crippen LogP contribution in [0.3, 0.4) is 0 Å². The molecule has 0 saturated carbocycles. The average molecular weight is 171 g/mol. The third-order valence-corrected chi connectivity index (χ3v) is 2.37. The molecule has 0 bridgehead atoms. The molecule has 1 atom stereocenters. The van der Waals surface area contributed by atoms with Crippen molar-refractivity contribution in [2.75, 3.05) is 19.7 Å². The molecule has 0 radical (unpaired) electrons. The highest BCUT2D eigenvalue weighted by atomic mass is 16.5. The SMILES string of the molecule is CCOC(=O)C1(C)CCCNC1. The normalized spacial score (nSPS) is 29.8. The van der Waals surface area contributed by atoms with Gasteiger partial charge in [-0.2, -0.15) is 0 Å². The number of esters is 1. The van der Waals surface area contributed by atoms with E-state index in [1.807, 2.05) is 13.8 Å². The number of ether oxygens (including phenoxy) is 1. The van der Waals surface area contributed by atoms with Crippen molar-refractivity contribution < 1.29 is 9.53 Å². The second-order valence-electron chi connectivity index (χ2n) is 3.56. The molecule has 1 unspecified atom stereocenters. The van der Waals surface area contributed by atoms with Crippen LogP contribution < -0.4 is 5.32 Å². The van der Waals surface area contributed by atoms with E-state index in [0.29, 0.717) is 6.61 Å². The fraction of sp³-hybridized carbons (Fsp3) is 0.889. The molecule has 0 amide bonds. The van der Waals surface area contributed by atoms with E-state index in [-0.39, 0.29) is 11.4 Å². The molecule has 1 rings (SSSR count). The number of hydrogen-bond acceptors (Lipinski definition) is 3. The lowest BCUT2D eigenvalue weighted by Crippen LogP contribution is -2.44. The van der Waals surface area contributed by atoms with Gasteiger partial charge in [0.15, 0.2) is 0 Å². The van der Waals surface area contributed by atoms with Crippen LogP contribution in [0.15, 0.2) is 0 Å². The monoisotopic (exact) mass is 171 g/mol. The molecular weight excluding hydrogens is 154 g/mol. The molecule has 3 heteroatoms. The second-order valence-corrected chi connectivity index (χ2v) is 3.56. The number of carbonyl (C=O) groups excluding carboxylic acids is 1. The first-order chi connectivity index (χ1) is 5.69. The molecule has 1 saturated heterocycles. The Morgan fingerprint density at radius 2 is 2.42 bits per heavy atom. The summed E-state index contributed by atoms with van der Waals surface area (Å²) in [7, 11) is 0. The summed E-state index contributed by atoms with van der Waals surface area (Å²) in [4.78, 5) is 11.5. The van der Waals surface area contributed by atoms with E-state index in [9.17, 15) is 4.79 Å². The minimum Gasteiger partial charge on any atom is -0.466 e. The van der Waals surface area contributed by atoms with Gasteiger partial charge >= 0.3 is 5.97 Å². The molecule has 0 aromatic carbocycles. The van der Waals surface area contributed by atoms with Gasteiger partial charge in [-0.05, 0) is 33.2 Å². The van der Waals surface area contributed by atoms with Crippen molar-refractivity contribution in [1.29, 1.82) is 0 Å². The molecule has 12 heavy (non-hydrogen) atoms. The van der Waals surface area contributed by atoms with Gasteiger partial charge in [0, 0.05) is 6.54 Å². The lowest BCUT2D eigenvalue weighted by Gasteiger charge is -2.31. The first kappa shape index (κ1) is 9.52. The summed E-state index contributed by atoms with van der Waals surface area (Å²) in [6, 6.07) is 0. The Hall–Kier alpha value is -0.570. The van der Waals surface area contributed by atoms with E-state index in [2.05, 4.69) is 5.32 Å². The van der Waals surface area contributed by atoms with Crippen molar-refractivity contribution in [3.05, 3.63) is 0 Å². The van der Waals surface area contributed by atoms with Gasteiger partial charge in [0.2, 0.25) is 0 Å². The standard InChI is InChI=1S/C9H17NO2/c1-3-12-8(11)9(2)5-4-6-10-7-9/h10H,3-7H2,1-2H3. The molecule has 70 valence electrons. The van der Waals surface area contributed by atoms with Gasteiger partial charge in [-0.1, -0.05) is 0 Å². The topological polar surface area (TPSA) is 38.3 Å². The Bertz CT molecular complexity index is 162. The lowest BCUT2D eigenvalue weighted by atomic mass is 9.83. The number of piperidine rings is 1. The van der Waals surface area contributed by atoms with Crippen molar-refractivity contribution in [1.82, 2.24) is 5.32 Å². The van der Waals surface area contributed by atoms with Gasteiger partial charge in [-0.25, -0.2) is 0 Å². The Kier molecular flexibility index (Phi) is 3.09. The maximum absolute atomic E-state index is 11.5. The van der Waals surface area contributed by atoms with E-state index >= 15 is 0 Å². The number of rotatable bonds is 2. The average Bonchev–Trinajstić information content (AvgIpc) is 2.06. The number of hydrogen-bond donors (Lipinski definition) is 1. The van der Waals surface area contributed by atoms with Crippen molar-refractivity contribution in [2.24, 2.45) is 5.41 Å². The van der Waals surface area contributed by atoms with Crippen LogP contribution in [0.1, 0.15) is 26.7 Å². The third-order valence-electron chi connectivity index (χ3n) is 2.37. The Morgan fingerprint density at radius 3 is 2.92 bits per heavy atom. The van der Waals surface area contributed by atoms with Crippen LogP contribution in [0.25, 0.3) is 0 Å². The number of nitrogens with one attached hydrogen (secondary N) is 1. The quantitative estimate of drug-likeness (QED) is 0.628. The Balaban J connectivity index is 2.50. The molecule has 1 heterocycles. The lowest BCUT2D eigenvalue weighted by molar-refractivity contribution is -0.155. The predicted molar refractivity (Wildman–Crippen MR) is 46.8 cm³/mol. The minimum atomic E-state index is -0.283. The van der Waals surface area contributed by atoms with E-state index in [1.165, 1.54) is 0 Å². The minimum absolute atomic E-state index is 0.0581. The fourth-order valence-electron chi connectivity index (χ4n) is 1.54. The van der Waals surface area contributed by atoms with E-state index in [4.69, 9.17) is 4.74 Å². The van der Waals surface area contributed by atoms with Crippen LogP contribution in [-0.4, -0.2) is 25.7 Å². The van der Waals surface area contributed by atoms with Gasteiger partial charge in [-0.15, -0.1) is 0 Å². The van der Waals surface area contributed by atoms with Crippen LogP contribution in [0.4, 0.5) is 0 Å². The molecule has 1 aliphatic heterocycles. The summed E-state index contributed by atoms with van der Waals surface area (Å²) in [5, 5.41) is 3.21. The first-order valence-corrected chi connectivity index (χ1v) is 4.57. The zero-order valence-corrected chi connectivity index (χ0v) is 7.85. The first-order valence-electron chi connectivity index (χ1n) is 4.57. The molecule has 1 aliphatic rings. The Morgan fingerprint density at radius 1 is 1.67 bits per heavy atom. The van der Waals surface area contributed by atoms with Gasteiger partial charge in [0.1, 0.15) is 0 Å². The van der Waals surface area contributed by atoms with Crippen LogP contribution in [0.5, 0.6) is 0 Å².